The van der Waals surface area contributed by atoms with Crippen LogP contribution in [-0.4, -0.2) is 40.6 Å². The number of aliphatic hydroxyl groups is 1. The molecule has 0 saturated carbocycles. The van der Waals surface area contributed by atoms with Gasteiger partial charge >= 0.3 is 0 Å². The fourth-order valence-electron chi connectivity index (χ4n) is 3.95. The number of piperidine rings is 1. The average Bonchev–Trinajstić information content (AvgIpc) is 2.73. The maximum atomic E-state index is 12.9. The molecule has 1 atom stereocenters. The first-order chi connectivity index (χ1) is 13.1. The van der Waals surface area contributed by atoms with Crippen LogP contribution < -0.4 is 0 Å². The molecule has 140 valence electrons. The molecule has 1 aromatic heterocycles. The van der Waals surface area contributed by atoms with Crippen molar-refractivity contribution in [1.82, 2.24) is 9.88 Å². The van der Waals surface area contributed by atoms with Gasteiger partial charge in [-0.05, 0) is 43.5 Å². The maximum Gasteiger partial charge on any atom is 0.253 e. The number of hydrogen-bond acceptors (Lipinski definition) is 4. The van der Waals surface area contributed by atoms with Crippen LogP contribution in [0.4, 0.5) is 0 Å². The molecule has 1 unspecified atom stereocenters. The van der Waals surface area contributed by atoms with Crippen LogP contribution in [0.25, 0.3) is 11.3 Å². The number of aliphatic hydroxyl groups excluding tert-OH is 1. The van der Waals surface area contributed by atoms with Crippen LogP contribution in [0.2, 0.25) is 0 Å². The summed E-state index contributed by atoms with van der Waals surface area (Å²) in [6, 6.07) is 14.7. The third-order valence-corrected chi connectivity index (χ3v) is 5.36. The largest absolute Gasteiger partial charge is 0.396 e. The van der Waals surface area contributed by atoms with Crippen LogP contribution in [0.1, 0.15) is 48.7 Å². The number of benzene rings is 1. The third kappa shape index (κ3) is 4.17. The topological polar surface area (TPSA) is 77.2 Å². The highest BCUT2D eigenvalue weighted by Gasteiger charge is 2.36. The van der Waals surface area contributed by atoms with Gasteiger partial charge in [0.25, 0.3) is 5.91 Å². The molecule has 0 bridgehead atoms. The van der Waals surface area contributed by atoms with E-state index in [1.165, 1.54) is 0 Å². The highest BCUT2D eigenvalue weighted by Crippen LogP contribution is 2.34. The smallest absolute Gasteiger partial charge is 0.253 e. The van der Waals surface area contributed by atoms with Crippen molar-refractivity contribution in [3.05, 3.63) is 53.7 Å². The summed E-state index contributed by atoms with van der Waals surface area (Å²) in [6.45, 7) is 3.60. The molecule has 0 radical (unpaired) electrons. The van der Waals surface area contributed by atoms with Crippen molar-refractivity contribution in [2.75, 3.05) is 19.7 Å². The van der Waals surface area contributed by atoms with Crippen LogP contribution in [-0.2, 0) is 0 Å². The molecule has 27 heavy (non-hydrogen) atoms. The summed E-state index contributed by atoms with van der Waals surface area (Å²) in [4.78, 5) is 19.1. The quantitative estimate of drug-likeness (QED) is 0.880. The Morgan fingerprint density at radius 1 is 1.30 bits per heavy atom. The number of carbonyl (C=O) groups is 1. The molecule has 0 aliphatic carbocycles. The van der Waals surface area contributed by atoms with E-state index in [1.807, 2.05) is 41.3 Å². The number of amides is 1. The number of nitriles is 1. The van der Waals surface area contributed by atoms with Gasteiger partial charge < -0.3 is 10.0 Å². The second-order valence-electron chi connectivity index (χ2n) is 7.34. The minimum Gasteiger partial charge on any atom is -0.396 e. The van der Waals surface area contributed by atoms with Crippen LogP contribution in [0.3, 0.4) is 0 Å². The maximum absolute atomic E-state index is 12.9. The van der Waals surface area contributed by atoms with E-state index < -0.39 is 0 Å². The van der Waals surface area contributed by atoms with E-state index in [9.17, 15) is 9.90 Å². The lowest BCUT2D eigenvalue weighted by Crippen LogP contribution is -2.47. The number of aromatic nitrogens is 1. The summed E-state index contributed by atoms with van der Waals surface area (Å²) in [5.74, 6) is 0.00825. The van der Waals surface area contributed by atoms with Gasteiger partial charge in [-0.2, -0.15) is 5.26 Å². The van der Waals surface area contributed by atoms with Gasteiger partial charge in [-0.25, -0.2) is 4.98 Å². The number of pyridine rings is 1. The van der Waals surface area contributed by atoms with E-state index in [1.54, 1.807) is 12.1 Å². The molecule has 1 aliphatic rings. The standard InChI is InChI=1S/C22H25N3O2/c1-2-11-22(16-26)12-4-13-25(15-22)21(27)18-9-7-17(8-10-18)20-6-3-5-19(14-23)24-20/h3,5-10,26H,2,4,11-13,15-16H2,1H3. The molecule has 3 rings (SSSR count). The van der Waals surface area contributed by atoms with Crippen molar-refractivity contribution in [3.63, 3.8) is 0 Å². The number of carbonyl (C=O) groups excluding carboxylic acids is 1. The van der Waals surface area contributed by atoms with Gasteiger partial charge in [-0.15, -0.1) is 0 Å². The van der Waals surface area contributed by atoms with Crippen molar-refractivity contribution in [2.24, 2.45) is 5.41 Å². The second-order valence-corrected chi connectivity index (χ2v) is 7.34. The number of nitrogens with zero attached hydrogens (tertiary/aromatic N) is 3. The first-order valence-electron chi connectivity index (χ1n) is 9.48. The van der Waals surface area contributed by atoms with Gasteiger partial charge in [0, 0.05) is 29.6 Å². The van der Waals surface area contributed by atoms with Crippen LogP contribution in [0.5, 0.6) is 0 Å². The second kappa shape index (κ2) is 8.32. The Hall–Kier alpha value is -2.71. The molecule has 1 aromatic carbocycles. The molecule has 5 heteroatoms. The SMILES string of the molecule is CCCC1(CO)CCCN(C(=O)c2ccc(-c3cccc(C#N)n3)cc2)C1. The summed E-state index contributed by atoms with van der Waals surface area (Å²) in [5, 5.41) is 18.9. The molecular formula is C22H25N3O2. The number of hydrogen-bond donors (Lipinski definition) is 1. The van der Waals surface area contributed by atoms with Crippen LogP contribution in [0.15, 0.2) is 42.5 Å². The Balaban J connectivity index is 1.76. The van der Waals surface area contributed by atoms with E-state index >= 15 is 0 Å². The van der Waals surface area contributed by atoms with Crippen LogP contribution in [0, 0.1) is 16.7 Å². The molecular weight excluding hydrogens is 338 g/mol. The minimum absolute atomic E-state index is 0.00825. The zero-order valence-corrected chi connectivity index (χ0v) is 15.7. The Kier molecular flexibility index (Phi) is 5.88. The normalized spacial score (nSPS) is 19.5. The Bertz CT molecular complexity index is 837. The van der Waals surface area contributed by atoms with Gasteiger partial charge in [0.2, 0.25) is 0 Å². The van der Waals surface area contributed by atoms with Crippen molar-refractivity contribution in [1.29, 1.82) is 5.26 Å². The van der Waals surface area contributed by atoms with Crippen LogP contribution >= 0.6 is 0 Å². The molecule has 1 saturated heterocycles. The molecule has 5 nitrogen and oxygen atoms in total. The predicted octanol–water partition coefficient (Wildman–Crippen LogP) is 3.64. The van der Waals surface area contributed by atoms with E-state index in [0.29, 0.717) is 23.5 Å². The Morgan fingerprint density at radius 3 is 2.74 bits per heavy atom. The summed E-state index contributed by atoms with van der Waals surface area (Å²) >= 11 is 0. The lowest BCUT2D eigenvalue weighted by Gasteiger charge is -2.42. The average molecular weight is 363 g/mol. The van der Waals surface area contributed by atoms with Gasteiger partial charge in [-0.3, -0.25) is 4.79 Å². The lowest BCUT2D eigenvalue weighted by molar-refractivity contribution is 0.0222. The molecule has 1 N–H and O–H groups in total. The van der Waals surface area contributed by atoms with E-state index in [-0.39, 0.29) is 17.9 Å². The zero-order chi connectivity index (χ0) is 19.3. The predicted molar refractivity (Wildman–Crippen MR) is 104 cm³/mol. The highest BCUT2D eigenvalue weighted by atomic mass is 16.3. The summed E-state index contributed by atoms with van der Waals surface area (Å²) in [7, 11) is 0. The fourth-order valence-corrected chi connectivity index (χ4v) is 3.95. The Labute approximate surface area is 160 Å². The molecule has 1 amide bonds. The Morgan fingerprint density at radius 2 is 2.07 bits per heavy atom. The van der Waals surface area contributed by atoms with Gasteiger partial charge in [0.05, 0.1) is 12.3 Å². The number of rotatable bonds is 5. The van der Waals surface area contributed by atoms with E-state index in [2.05, 4.69) is 11.9 Å². The molecule has 1 aliphatic heterocycles. The van der Waals surface area contributed by atoms with E-state index in [4.69, 9.17) is 5.26 Å². The summed E-state index contributed by atoms with van der Waals surface area (Å²) < 4.78 is 0. The minimum atomic E-state index is -0.162. The van der Waals surface area contributed by atoms with E-state index in [0.717, 1.165) is 37.8 Å². The van der Waals surface area contributed by atoms with Gasteiger partial charge in [0.15, 0.2) is 0 Å². The molecule has 0 spiro atoms. The lowest BCUT2D eigenvalue weighted by atomic mass is 9.77. The summed E-state index contributed by atoms with van der Waals surface area (Å²) in [5.41, 5.74) is 2.44. The van der Waals surface area contributed by atoms with Gasteiger partial charge in [0.1, 0.15) is 11.8 Å². The van der Waals surface area contributed by atoms with Crippen molar-refractivity contribution >= 4 is 5.91 Å². The van der Waals surface area contributed by atoms with Gasteiger partial charge in [-0.1, -0.05) is 31.5 Å². The molecule has 2 heterocycles. The zero-order valence-electron chi connectivity index (χ0n) is 15.7. The van der Waals surface area contributed by atoms with Crippen molar-refractivity contribution < 1.29 is 9.90 Å². The first-order valence-corrected chi connectivity index (χ1v) is 9.48. The molecule has 1 fully saturated rings. The summed E-state index contributed by atoms with van der Waals surface area (Å²) in [6.07, 6.45) is 3.84. The third-order valence-electron chi connectivity index (χ3n) is 5.36. The monoisotopic (exact) mass is 363 g/mol. The first kappa shape index (κ1) is 19.1. The fraction of sp³-hybridized carbons (Fsp3) is 0.409. The number of likely N-dealkylation sites (tertiary alicyclic amines) is 1. The highest BCUT2D eigenvalue weighted by molar-refractivity contribution is 5.94. The van der Waals surface area contributed by atoms with Crippen molar-refractivity contribution in [2.45, 2.75) is 32.6 Å². The van der Waals surface area contributed by atoms with Crippen molar-refractivity contribution in [3.8, 4) is 17.3 Å². The molecule has 2 aromatic rings.